The third kappa shape index (κ3) is 2.89. The molecule has 0 amide bonds. The molecule has 0 unspecified atom stereocenters. The second-order valence-corrected chi connectivity index (χ2v) is 4.59. The summed E-state index contributed by atoms with van der Waals surface area (Å²) in [5, 5.41) is 10.6. The second kappa shape index (κ2) is 5.37. The Kier molecular flexibility index (Phi) is 3.64. The van der Waals surface area contributed by atoms with Gasteiger partial charge >= 0.3 is 5.00 Å². The number of carbonyl (C=O) groups is 1. The summed E-state index contributed by atoms with van der Waals surface area (Å²) in [6.07, 6.45) is 3.01. The molecule has 0 saturated carbocycles. The lowest BCUT2D eigenvalue weighted by Crippen LogP contribution is -1.92. The van der Waals surface area contributed by atoms with Crippen LogP contribution >= 0.6 is 11.3 Å². The molecule has 0 aliphatic heterocycles. The number of rotatable bonds is 4. The van der Waals surface area contributed by atoms with E-state index in [9.17, 15) is 14.9 Å². The van der Waals surface area contributed by atoms with Crippen LogP contribution in [-0.2, 0) is 0 Å². The number of thiophene rings is 1. The zero-order valence-electron chi connectivity index (χ0n) is 9.28. The van der Waals surface area contributed by atoms with Crippen LogP contribution in [0.4, 0.5) is 5.00 Å². The van der Waals surface area contributed by atoms with E-state index in [1.807, 2.05) is 6.07 Å². The van der Waals surface area contributed by atoms with Crippen molar-refractivity contribution in [2.75, 3.05) is 0 Å². The van der Waals surface area contributed by atoms with E-state index >= 15 is 0 Å². The number of ketones is 1. The minimum Gasteiger partial charge on any atom is -0.289 e. The summed E-state index contributed by atoms with van der Waals surface area (Å²) in [6, 6.07) is 11.9. The Bertz CT molecular complexity index is 602. The van der Waals surface area contributed by atoms with Crippen molar-refractivity contribution in [1.82, 2.24) is 0 Å². The highest BCUT2D eigenvalue weighted by molar-refractivity contribution is 7.16. The lowest BCUT2D eigenvalue weighted by atomic mass is 10.1. The smallest absolute Gasteiger partial charge is 0.289 e. The van der Waals surface area contributed by atoms with Crippen LogP contribution in [0.15, 0.2) is 48.5 Å². The zero-order chi connectivity index (χ0) is 13.0. The summed E-state index contributed by atoms with van der Waals surface area (Å²) in [4.78, 5) is 22.5. The van der Waals surface area contributed by atoms with Crippen LogP contribution in [0.2, 0.25) is 0 Å². The van der Waals surface area contributed by atoms with Crippen LogP contribution in [0.1, 0.15) is 15.2 Å². The van der Waals surface area contributed by atoms with Crippen molar-refractivity contribution in [3.63, 3.8) is 0 Å². The quantitative estimate of drug-likeness (QED) is 0.365. The average Bonchev–Trinajstić information content (AvgIpc) is 2.86. The minimum absolute atomic E-state index is 0.0711. The Labute approximate surface area is 107 Å². The molecule has 1 heterocycles. The van der Waals surface area contributed by atoms with Gasteiger partial charge in [-0.15, -0.1) is 0 Å². The van der Waals surface area contributed by atoms with Crippen molar-refractivity contribution in [3.05, 3.63) is 69.1 Å². The Morgan fingerprint density at radius 1 is 1.17 bits per heavy atom. The topological polar surface area (TPSA) is 60.2 Å². The van der Waals surface area contributed by atoms with E-state index in [4.69, 9.17) is 0 Å². The van der Waals surface area contributed by atoms with Crippen molar-refractivity contribution in [2.24, 2.45) is 0 Å². The number of carbonyl (C=O) groups excluding carboxylic acids is 1. The molecule has 0 bridgehead atoms. The fourth-order valence-corrected chi connectivity index (χ4v) is 2.11. The summed E-state index contributed by atoms with van der Waals surface area (Å²) in [5.74, 6) is -0.119. The Morgan fingerprint density at radius 3 is 2.50 bits per heavy atom. The predicted octanol–water partition coefficient (Wildman–Crippen LogP) is 3.55. The molecule has 4 nitrogen and oxygen atoms in total. The first-order chi connectivity index (χ1) is 8.66. The number of benzene rings is 1. The van der Waals surface area contributed by atoms with Crippen molar-refractivity contribution in [3.8, 4) is 0 Å². The van der Waals surface area contributed by atoms with E-state index in [2.05, 4.69) is 0 Å². The molecule has 2 rings (SSSR count). The second-order valence-electron chi connectivity index (χ2n) is 3.50. The van der Waals surface area contributed by atoms with Crippen LogP contribution in [0.25, 0.3) is 6.08 Å². The number of hydrogen-bond donors (Lipinski definition) is 0. The highest BCUT2D eigenvalue weighted by atomic mass is 32.1. The Balaban J connectivity index is 2.11. The van der Waals surface area contributed by atoms with E-state index in [1.165, 1.54) is 12.1 Å². The largest absolute Gasteiger partial charge is 0.324 e. The third-order valence-electron chi connectivity index (χ3n) is 2.25. The maximum atomic E-state index is 11.7. The summed E-state index contributed by atoms with van der Waals surface area (Å²) in [6.45, 7) is 0. The van der Waals surface area contributed by atoms with Crippen LogP contribution < -0.4 is 0 Å². The number of nitro groups is 1. The van der Waals surface area contributed by atoms with Gasteiger partial charge in [0.05, 0.1) is 4.92 Å². The molecule has 0 spiro atoms. The van der Waals surface area contributed by atoms with Crippen molar-refractivity contribution < 1.29 is 9.72 Å². The molecule has 0 saturated heterocycles. The standard InChI is InChI=1S/C13H9NO3S/c15-12(10-4-2-1-3-5-10)8-6-11-7-9-13(18-11)14(16)17/h1-9H. The highest BCUT2D eigenvalue weighted by Gasteiger charge is 2.08. The molecule has 0 atom stereocenters. The van der Waals surface area contributed by atoms with Crippen molar-refractivity contribution in [2.45, 2.75) is 0 Å². The predicted molar refractivity (Wildman–Crippen MR) is 70.8 cm³/mol. The van der Waals surface area contributed by atoms with Crippen LogP contribution in [0.5, 0.6) is 0 Å². The molecule has 0 aliphatic rings. The van der Waals surface area contributed by atoms with Gasteiger partial charge < -0.3 is 0 Å². The highest BCUT2D eigenvalue weighted by Crippen LogP contribution is 2.24. The first-order valence-corrected chi connectivity index (χ1v) is 6.00. The fourth-order valence-electron chi connectivity index (χ4n) is 1.39. The van der Waals surface area contributed by atoms with Gasteiger partial charge in [-0.3, -0.25) is 14.9 Å². The molecular weight excluding hydrogens is 250 g/mol. The molecule has 1 aromatic carbocycles. The number of allylic oxidation sites excluding steroid dienone is 1. The fraction of sp³-hybridized carbons (Fsp3) is 0. The summed E-state index contributed by atoms with van der Waals surface area (Å²) >= 11 is 1.04. The van der Waals surface area contributed by atoms with E-state index in [0.29, 0.717) is 10.4 Å². The molecule has 0 radical (unpaired) electrons. The van der Waals surface area contributed by atoms with Crippen molar-refractivity contribution in [1.29, 1.82) is 0 Å². The normalized spacial score (nSPS) is 10.7. The minimum atomic E-state index is -0.443. The number of nitrogens with zero attached hydrogens (tertiary/aromatic N) is 1. The third-order valence-corrected chi connectivity index (χ3v) is 3.25. The van der Waals surface area contributed by atoms with Crippen LogP contribution in [0.3, 0.4) is 0 Å². The van der Waals surface area contributed by atoms with Gasteiger partial charge in [0.1, 0.15) is 0 Å². The van der Waals surface area contributed by atoms with E-state index in [0.717, 1.165) is 11.3 Å². The lowest BCUT2D eigenvalue weighted by Gasteiger charge is -1.92. The Hall–Kier alpha value is -2.27. The number of hydrogen-bond acceptors (Lipinski definition) is 4. The molecule has 0 aliphatic carbocycles. The van der Waals surface area contributed by atoms with Gasteiger partial charge in [0.2, 0.25) is 0 Å². The van der Waals surface area contributed by atoms with Crippen LogP contribution in [-0.4, -0.2) is 10.7 Å². The van der Waals surface area contributed by atoms with E-state index < -0.39 is 4.92 Å². The van der Waals surface area contributed by atoms with E-state index in [-0.39, 0.29) is 10.8 Å². The Morgan fingerprint density at radius 2 is 1.89 bits per heavy atom. The van der Waals surface area contributed by atoms with Gasteiger partial charge in [0.25, 0.3) is 0 Å². The van der Waals surface area contributed by atoms with Gasteiger partial charge in [-0.25, -0.2) is 0 Å². The van der Waals surface area contributed by atoms with Crippen LogP contribution in [0, 0.1) is 10.1 Å². The summed E-state index contributed by atoms with van der Waals surface area (Å²) < 4.78 is 0. The van der Waals surface area contributed by atoms with Gasteiger partial charge in [0, 0.05) is 16.5 Å². The summed E-state index contributed by atoms with van der Waals surface area (Å²) in [5.41, 5.74) is 0.597. The van der Waals surface area contributed by atoms with Gasteiger partial charge in [-0.05, 0) is 18.2 Å². The first-order valence-electron chi connectivity index (χ1n) is 5.18. The molecule has 18 heavy (non-hydrogen) atoms. The zero-order valence-corrected chi connectivity index (χ0v) is 10.1. The molecule has 1 aromatic heterocycles. The van der Waals surface area contributed by atoms with Crippen molar-refractivity contribution >= 4 is 28.2 Å². The van der Waals surface area contributed by atoms with E-state index in [1.54, 1.807) is 36.4 Å². The molecule has 90 valence electrons. The van der Waals surface area contributed by atoms with Gasteiger partial charge in [-0.2, -0.15) is 0 Å². The molecule has 0 fully saturated rings. The summed E-state index contributed by atoms with van der Waals surface area (Å²) in [7, 11) is 0. The molecule has 5 heteroatoms. The first kappa shape index (κ1) is 12.2. The van der Waals surface area contributed by atoms with Gasteiger partial charge in [0.15, 0.2) is 5.78 Å². The maximum absolute atomic E-state index is 11.7. The molecule has 2 aromatic rings. The van der Waals surface area contributed by atoms with Gasteiger partial charge in [-0.1, -0.05) is 41.7 Å². The monoisotopic (exact) mass is 259 g/mol. The maximum Gasteiger partial charge on any atom is 0.324 e. The molecular formula is C13H9NO3S. The lowest BCUT2D eigenvalue weighted by molar-refractivity contribution is -0.380. The SMILES string of the molecule is O=C(C=Cc1ccc([N+](=O)[O-])s1)c1ccccc1. The average molecular weight is 259 g/mol. The molecule has 0 N–H and O–H groups in total.